The molecule has 0 amide bonds. The summed E-state index contributed by atoms with van der Waals surface area (Å²) < 4.78 is 0. The second-order valence-corrected chi connectivity index (χ2v) is 4.79. The Kier molecular flexibility index (Phi) is 5.31. The van der Waals surface area contributed by atoms with Crippen molar-refractivity contribution in [2.75, 3.05) is 0 Å². The molecule has 0 spiro atoms. The molecule has 16 heavy (non-hydrogen) atoms. The third-order valence-electron chi connectivity index (χ3n) is 2.80. The zero-order chi connectivity index (χ0) is 12.0. The van der Waals surface area contributed by atoms with Crippen molar-refractivity contribution in [3.05, 3.63) is 41.5 Å². The summed E-state index contributed by atoms with van der Waals surface area (Å²) >= 11 is 0. The van der Waals surface area contributed by atoms with E-state index in [1.807, 2.05) is 0 Å². The van der Waals surface area contributed by atoms with Gasteiger partial charge in [-0.2, -0.15) is 0 Å². The van der Waals surface area contributed by atoms with Crippen LogP contribution in [-0.4, -0.2) is 0 Å². The molecule has 0 aliphatic rings. The van der Waals surface area contributed by atoms with Gasteiger partial charge in [0, 0.05) is 0 Å². The number of allylic oxidation sites excluding steroid dienone is 2. The van der Waals surface area contributed by atoms with Crippen LogP contribution in [0.4, 0.5) is 0 Å². The van der Waals surface area contributed by atoms with Crippen LogP contribution < -0.4 is 0 Å². The van der Waals surface area contributed by atoms with Gasteiger partial charge in [0.1, 0.15) is 0 Å². The minimum atomic E-state index is 0.739. The summed E-state index contributed by atoms with van der Waals surface area (Å²) in [5.41, 5.74) is 4.31. The molecule has 0 saturated carbocycles. The van der Waals surface area contributed by atoms with E-state index in [9.17, 15) is 0 Å². The molecule has 1 rings (SSSR count). The van der Waals surface area contributed by atoms with Gasteiger partial charge in [-0.3, -0.25) is 0 Å². The van der Waals surface area contributed by atoms with Gasteiger partial charge in [-0.25, -0.2) is 0 Å². The summed E-state index contributed by atoms with van der Waals surface area (Å²) in [5, 5.41) is 0. The Hall–Kier alpha value is -1.04. The van der Waals surface area contributed by atoms with E-state index in [0.29, 0.717) is 0 Å². The normalized spacial score (nSPS) is 12.2. The zero-order valence-electron chi connectivity index (χ0n) is 11.1. The standard InChI is InChI=1S/C16H24/c1-5-7-15(6-2)16-10-8-14(9-11-16)12-13(3)4/h7-11,13H,5-6,12H2,1-4H3. The Morgan fingerprint density at radius 2 is 1.75 bits per heavy atom. The summed E-state index contributed by atoms with van der Waals surface area (Å²) in [4.78, 5) is 0. The van der Waals surface area contributed by atoms with Crippen LogP contribution in [0.15, 0.2) is 30.3 Å². The van der Waals surface area contributed by atoms with Gasteiger partial charge in [0.15, 0.2) is 0 Å². The lowest BCUT2D eigenvalue weighted by molar-refractivity contribution is 0.647. The first kappa shape index (κ1) is 13.0. The van der Waals surface area contributed by atoms with Gasteiger partial charge >= 0.3 is 0 Å². The van der Waals surface area contributed by atoms with Crippen molar-refractivity contribution in [2.24, 2.45) is 5.92 Å². The molecular formula is C16H24. The van der Waals surface area contributed by atoms with Crippen LogP contribution in [0.5, 0.6) is 0 Å². The van der Waals surface area contributed by atoms with Gasteiger partial charge in [-0.15, -0.1) is 0 Å². The van der Waals surface area contributed by atoms with E-state index in [1.165, 1.54) is 23.1 Å². The molecule has 88 valence electrons. The minimum Gasteiger partial charge on any atom is -0.0810 e. The second kappa shape index (κ2) is 6.52. The fraction of sp³-hybridized carbons (Fsp3) is 0.500. The molecule has 0 aliphatic carbocycles. The molecular weight excluding hydrogens is 192 g/mol. The summed E-state index contributed by atoms with van der Waals surface area (Å²) in [6.45, 7) is 8.96. The maximum Gasteiger partial charge on any atom is -0.0228 e. The zero-order valence-corrected chi connectivity index (χ0v) is 11.1. The molecule has 0 saturated heterocycles. The van der Waals surface area contributed by atoms with Crippen molar-refractivity contribution in [3.63, 3.8) is 0 Å². The molecule has 0 bridgehead atoms. The molecule has 0 atom stereocenters. The number of hydrogen-bond acceptors (Lipinski definition) is 0. The molecule has 0 heteroatoms. The van der Waals surface area contributed by atoms with Crippen molar-refractivity contribution in [1.82, 2.24) is 0 Å². The Labute approximate surface area is 100 Å². The Morgan fingerprint density at radius 1 is 1.12 bits per heavy atom. The molecule has 0 aliphatic heterocycles. The molecule has 0 aromatic heterocycles. The van der Waals surface area contributed by atoms with Gasteiger partial charge < -0.3 is 0 Å². The molecule has 1 aromatic carbocycles. The first-order valence-corrected chi connectivity index (χ1v) is 6.45. The number of hydrogen-bond donors (Lipinski definition) is 0. The van der Waals surface area contributed by atoms with Crippen molar-refractivity contribution in [2.45, 2.75) is 47.0 Å². The molecule has 0 unspecified atom stereocenters. The van der Waals surface area contributed by atoms with Crippen LogP contribution in [0.3, 0.4) is 0 Å². The lowest BCUT2D eigenvalue weighted by Gasteiger charge is -2.08. The fourth-order valence-electron chi connectivity index (χ4n) is 2.04. The number of rotatable bonds is 5. The van der Waals surface area contributed by atoms with E-state index in [2.05, 4.69) is 58.0 Å². The molecule has 0 fully saturated rings. The third kappa shape index (κ3) is 3.84. The van der Waals surface area contributed by atoms with Gasteiger partial charge in [0.2, 0.25) is 0 Å². The van der Waals surface area contributed by atoms with Crippen LogP contribution >= 0.6 is 0 Å². The minimum absolute atomic E-state index is 0.739. The van der Waals surface area contributed by atoms with Crippen molar-refractivity contribution >= 4 is 5.57 Å². The van der Waals surface area contributed by atoms with E-state index in [0.717, 1.165) is 18.8 Å². The van der Waals surface area contributed by atoms with E-state index >= 15 is 0 Å². The topological polar surface area (TPSA) is 0 Å². The Balaban J connectivity index is 2.81. The first-order chi connectivity index (χ1) is 7.67. The summed E-state index contributed by atoms with van der Waals surface area (Å²) in [5.74, 6) is 0.739. The van der Waals surface area contributed by atoms with Crippen LogP contribution in [0.2, 0.25) is 0 Å². The lowest BCUT2D eigenvalue weighted by Crippen LogP contribution is -1.94. The van der Waals surface area contributed by atoms with Crippen molar-refractivity contribution in [1.29, 1.82) is 0 Å². The van der Waals surface area contributed by atoms with Crippen LogP contribution in [0.25, 0.3) is 5.57 Å². The van der Waals surface area contributed by atoms with Gasteiger partial charge in [-0.05, 0) is 41.9 Å². The SMILES string of the molecule is CCC=C(CC)c1ccc(CC(C)C)cc1. The van der Waals surface area contributed by atoms with E-state index < -0.39 is 0 Å². The summed E-state index contributed by atoms with van der Waals surface area (Å²) in [6.07, 6.45) is 5.75. The molecule has 1 aromatic rings. The Morgan fingerprint density at radius 3 is 2.19 bits per heavy atom. The molecule has 0 radical (unpaired) electrons. The van der Waals surface area contributed by atoms with Gasteiger partial charge in [-0.1, -0.05) is 58.0 Å². The maximum atomic E-state index is 2.33. The highest BCUT2D eigenvalue weighted by molar-refractivity contribution is 5.65. The third-order valence-corrected chi connectivity index (χ3v) is 2.80. The quantitative estimate of drug-likeness (QED) is 0.643. The monoisotopic (exact) mass is 216 g/mol. The highest BCUT2D eigenvalue weighted by Crippen LogP contribution is 2.20. The van der Waals surface area contributed by atoms with Crippen LogP contribution in [0, 0.1) is 5.92 Å². The molecule has 0 heterocycles. The van der Waals surface area contributed by atoms with Crippen LogP contribution in [-0.2, 0) is 6.42 Å². The summed E-state index contributed by atoms with van der Waals surface area (Å²) in [6, 6.07) is 9.08. The smallest absolute Gasteiger partial charge is 0.0228 e. The average Bonchev–Trinajstić information content (AvgIpc) is 2.26. The second-order valence-electron chi connectivity index (χ2n) is 4.79. The molecule has 0 nitrogen and oxygen atoms in total. The predicted octanol–water partition coefficient (Wildman–Crippen LogP) is 5.09. The van der Waals surface area contributed by atoms with Gasteiger partial charge in [0.25, 0.3) is 0 Å². The predicted molar refractivity (Wildman–Crippen MR) is 73.5 cm³/mol. The lowest BCUT2D eigenvalue weighted by atomic mass is 9.98. The van der Waals surface area contributed by atoms with Crippen LogP contribution in [0.1, 0.15) is 51.7 Å². The van der Waals surface area contributed by atoms with E-state index in [-0.39, 0.29) is 0 Å². The van der Waals surface area contributed by atoms with Gasteiger partial charge in [0.05, 0.1) is 0 Å². The highest BCUT2D eigenvalue weighted by atomic mass is 14.1. The fourth-order valence-corrected chi connectivity index (χ4v) is 2.04. The highest BCUT2D eigenvalue weighted by Gasteiger charge is 2.00. The maximum absolute atomic E-state index is 2.33. The van der Waals surface area contributed by atoms with E-state index in [4.69, 9.17) is 0 Å². The Bertz CT molecular complexity index is 328. The van der Waals surface area contributed by atoms with Crippen molar-refractivity contribution < 1.29 is 0 Å². The van der Waals surface area contributed by atoms with Crippen molar-refractivity contribution in [3.8, 4) is 0 Å². The average molecular weight is 216 g/mol. The van der Waals surface area contributed by atoms with E-state index in [1.54, 1.807) is 0 Å². The first-order valence-electron chi connectivity index (χ1n) is 6.45. The summed E-state index contributed by atoms with van der Waals surface area (Å²) in [7, 11) is 0. The number of benzene rings is 1. The molecule has 0 N–H and O–H groups in total. The largest absolute Gasteiger partial charge is 0.0810 e.